The third kappa shape index (κ3) is 2.76. The minimum atomic E-state index is 0.323. The van der Waals surface area contributed by atoms with Gasteiger partial charge in [-0.3, -0.25) is 0 Å². The van der Waals surface area contributed by atoms with Gasteiger partial charge in [0.25, 0.3) is 0 Å². The van der Waals surface area contributed by atoms with Gasteiger partial charge >= 0.3 is 0 Å². The second-order valence-electron chi connectivity index (χ2n) is 4.13. The second kappa shape index (κ2) is 4.83. The van der Waals surface area contributed by atoms with Crippen LogP contribution in [0.25, 0.3) is 0 Å². The molecular formula is C10H21NO. The first-order valence-electron chi connectivity index (χ1n) is 5.09. The van der Waals surface area contributed by atoms with Crippen LogP contribution in [-0.2, 0) is 0 Å². The molecule has 1 fully saturated rings. The molecule has 1 aliphatic heterocycles. The molecule has 2 heteroatoms. The predicted octanol–water partition coefficient (Wildman–Crippen LogP) is 1.49. The van der Waals surface area contributed by atoms with E-state index in [0.29, 0.717) is 12.5 Å². The normalized spacial score (nSPS) is 28.8. The van der Waals surface area contributed by atoms with E-state index in [1.54, 1.807) is 0 Å². The Kier molecular flexibility index (Phi) is 4.02. The maximum atomic E-state index is 8.93. The highest BCUT2D eigenvalue weighted by Gasteiger charge is 2.19. The summed E-state index contributed by atoms with van der Waals surface area (Å²) in [7, 11) is 0. The van der Waals surface area contributed by atoms with E-state index in [1.807, 2.05) is 0 Å². The maximum Gasteiger partial charge on any atom is 0.0468 e. The Labute approximate surface area is 75.6 Å². The van der Waals surface area contributed by atoms with Crippen LogP contribution in [0.2, 0.25) is 0 Å². The fourth-order valence-corrected chi connectivity index (χ4v) is 1.89. The lowest BCUT2D eigenvalue weighted by Crippen LogP contribution is -2.40. The third-order valence-electron chi connectivity index (χ3n) is 2.80. The van der Waals surface area contributed by atoms with Gasteiger partial charge in [0.05, 0.1) is 0 Å². The molecule has 1 N–H and O–H groups in total. The molecule has 0 radical (unpaired) electrons. The monoisotopic (exact) mass is 171 g/mol. The van der Waals surface area contributed by atoms with Gasteiger partial charge in [0.2, 0.25) is 0 Å². The first-order valence-corrected chi connectivity index (χ1v) is 5.09. The van der Waals surface area contributed by atoms with Crippen molar-refractivity contribution in [3.05, 3.63) is 0 Å². The molecule has 2 atom stereocenters. The number of piperidine rings is 1. The maximum absolute atomic E-state index is 8.93. The Balaban J connectivity index is 2.28. The predicted molar refractivity (Wildman–Crippen MR) is 51.1 cm³/mol. The molecule has 0 aliphatic carbocycles. The highest BCUT2D eigenvalue weighted by Crippen LogP contribution is 2.17. The summed E-state index contributed by atoms with van der Waals surface area (Å²) in [6.45, 7) is 7.02. The van der Waals surface area contributed by atoms with Gasteiger partial charge in [-0.15, -0.1) is 0 Å². The molecule has 0 spiro atoms. The first-order chi connectivity index (χ1) is 5.74. The Hall–Kier alpha value is -0.0800. The van der Waals surface area contributed by atoms with E-state index >= 15 is 0 Å². The third-order valence-corrected chi connectivity index (χ3v) is 2.80. The smallest absolute Gasteiger partial charge is 0.0468 e. The lowest BCUT2D eigenvalue weighted by molar-refractivity contribution is 0.115. The van der Waals surface area contributed by atoms with Gasteiger partial charge < -0.3 is 10.0 Å². The molecule has 0 unspecified atom stereocenters. The summed E-state index contributed by atoms with van der Waals surface area (Å²) in [6, 6.07) is 0.729. The van der Waals surface area contributed by atoms with Crippen LogP contribution in [0.1, 0.15) is 33.1 Å². The number of aliphatic hydroxyl groups is 1. The number of rotatable bonds is 3. The number of nitrogens with zero attached hydrogens (tertiary/aromatic N) is 1. The van der Waals surface area contributed by atoms with Crippen molar-refractivity contribution in [3.8, 4) is 0 Å². The highest BCUT2D eigenvalue weighted by atomic mass is 16.3. The first kappa shape index (κ1) is 10.0. The van der Waals surface area contributed by atoms with Crippen molar-refractivity contribution in [1.82, 2.24) is 4.90 Å². The van der Waals surface area contributed by atoms with Crippen molar-refractivity contribution >= 4 is 0 Å². The van der Waals surface area contributed by atoms with Crippen LogP contribution >= 0.6 is 0 Å². The van der Waals surface area contributed by atoms with E-state index in [-0.39, 0.29) is 0 Å². The van der Waals surface area contributed by atoms with Crippen LogP contribution in [0.15, 0.2) is 0 Å². The van der Waals surface area contributed by atoms with Crippen molar-refractivity contribution in [1.29, 1.82) is 0 Å². The molecule has 1 saturated heterocycles. The molecule has 0 aromatic rings. The van der Waals surface area contributed by atoms with E-state index in [2.05, 4.69) is 18.7 Å². The van der Waals surface area contributed by atoms with Gasteiger partial charge in [-0.1, -0.05) is 13.3 Å². The molecule has 0 aromatic carbocycles. The number of hydrogen-bond acceptors (Lipinski definition) is 2. The minimum absolute atomic E-state index is 0.323. The standard InChI is InChI=1S/C10H21NO/c1-9(8-12)7-11-6-4-3-5-10(11)2/h9-10,12H,3-8H2,1-2H3/t9-,10+/m0/s1. The number of hydrogen-bond donors (Lipinski definition) is 1. The number of likely N-dealkylation sites (tertiary alicyclic amines) is 1. The average Bonchev–Trinajstić information content (AvgIpc) is 2.09. The number of aliphatic hydroxyl groups excluding tert-OH is 1. The fourth-order valence-electron chi connectivity index (χ4n) is 1.89. The van der Waals surface area contributed by atoms with Crippen LogP contribution in [0, 0.1) is 5.92 Å². The molecular weight excluding hydrogens is 150 g/mol. The van der Waals surface area contributed by atoms with Crippen molar-refractivity contribution in [2.24, 2.45) is 5.92 Å². The quantitative estimate of drug-likeness (QED) is 0.695. The van der Waals surface area contributed by atoms with Gasteiger partial charge in [-0.2, -0.15) is 0 Å². The Bertz CT molecular complexity index is 127. The zero-order valence-electron chi connectivity index (χ0n) is 8.29. The zero-order valence-corrected chi connectivity index (χ0v) is 8.29. The summed E-state index contributed by atoms with van der Waals surface area (Å²) in [5.74, 6) is 0.436. The molecule has 0 bridgehead atoms. The molecule has 72 valence electrons. The van der Waals surface area contributed by atoms with Gasteiger partial charge in [-0.25, -0.2) is 0 Å². The van der Waals surface area contributed by atoms with E-state index in [1.165, 1.54) is 25.8 Å². The van der Waals surface area contributed by atoms with E-state index in [9.17, 15) is 0 Å². The van der Waals surface area contributed by atoms with E-state index in [4.69, 9.17) is 5.11 Å². The molecule has 2 nitrogen and oxygen atoms in total. The average molecular weight is 171 g/mol. The van der Waals surface area contributed by atoms with Crippen LogP contribution in [0.5, 0.6) is 0 Å². The van der Waals surface area contributed by atoms with Crippen molar-refractivity contribution in [2.75, 3.05) is 19.7 Å². The SMILES string of the molecule is C[C@H](CO)CN1CCCC[C@H]1C. The molecule has 1 aliphatic rings. The summed E-state index contributed by atoms with van der Waals surface area (Å²) in [5.41, 5.74) is 0. The summed E-state index contributed by atoms with van der Waals surface area (Å²) >= 11 is 0. The molecule has 0 saturated carbocycles. The lowest BCUT2D eigenvalue weighted by atomic mass is 10.0. The van der Waals surface area contributed by atoms with E-state index in [0.717, 1.165) is 12.6 Å². The van der Waals surface area contributed by atoms with E-state index < -0.39 is 0 Å². The minimum Gasteiger partial charge on any atom is -0.396 e. The van der Waals surface area contributed by atoms with Gasteiger partial charge in [-0.05, 0) is 32.2 Å². The molecule has 1 heterocycles. The Morgan fingerprint density at radius 2 is 2.25 bits per heavy atom. The van der Waals surface area contributed by atoms with Gasteiger partial charge in [0, 0.05) is 19.2 Å². The highest BCUT2D eigenvalue weighted by molar-refractivity contribution is 4.74. The summed E-state index contributed by atoms with van der Waals surface area (Å²) in [5, 5.41) is 8.93. The Morgan fingerprint density at radius 1 is 1.50 bits per heavy atom. The van der Waals surface area contributed by atoms with Crippen LogP contribution in [0.4, 0.5) is 0 Å². The van der Waals surface area contributed by atoms with Crippen molar-refractivity contribution < 1.29 is 5.11 Å². The second-order valence-corrected chi connectivity index (χ2v) is 4.13. The summed E-state index contributed by atoms with van der Waals surface area (Å²) in [4.78, 5) is 2.50. The summed E-state index contributed by atoms with van der Waals surface area (Å²) in [6.07, 6.45) is 4.05. The topological polar surface area (TPSA) is 23.5 Å². The molecule has 0 amide bonds. The van der Waals surface area contributed by atoms with Gasteiger partial charge in [0.15, 0.2) is 0 Å². The molecule has 12 heavy (non-hydrogen) atoms. The van der Waals surface area contributed by atoms with Crippen molar-refractivity contribution in [2.45, 2.75) is 39.2 Å². The molecule has 0 aromatic heterocycles. The fraction of sp³-hybridized carbons (Fsp3) is 1.00. The van der Waals surface area contributed by atoms with Crippen molar-refractivity contribution in [3.63, 3.8) is 0 Å². The zero-order chi connectivity index (χ0) is 8.97. The molecule has 1 rings (SSSR count). The van der Waals surface area contributed by atoms with Crippen LogP contribution in [0.3, 0.4) is 0 Å². The van der Waals surface area contributed by atoms with Crippen LogP contribution in [-0.4, -0.2) is 35.7 Å². The lowest BCUT2D eigenvalue weighted by Gasteiger charge is -2.34. The van der Waals surface area contributed by atoms with Crippen LogP contribution < -0.4 is 0 Å². The Morgan fingerprint density at radius 3 is 2.83 bits per heavy atom. The largest absolute Gasteiger partial charge is 0.396 e. The summed E-state index contributed by atoms with van der Waals surface area (Å²) < 4.78 is 0. The van der Waals surface area contributed by atoms with Gasteiger partial charge in [0.1, 0.15) is 0 Å².